The van der Waals surface area contributed by atoms with E-state index in [4.69, 9.17) is 9.47 Å². The van der Waals surface area contributed by atoms with Crippen LogP contribution in [-0.4, -0.2) is 30.9 Å². The Balaban J connectivity index is 2.22. The van der Waals surface area contributed by atoms with Gasteiger partial charge in [-0.1, -0.05) is 78.9 Å². The van der Waals surface area contributed by atoms with Gasteiger partial charge in [0.2, 0.25) is 5.41 Å². The Hall–Kier alpha value is -3.99. The van der Waals surface area contributed by atoms with Gasteiger partial charge in [0.25, 0.3) is 0 Å². The SMILES string of the molecule is CCOC(=O)C1(C(=O)OCC)C(c2ccccc2)=C(c2ccccc2C(C)=O)c2ccccc21. The molecule has 0 atom stereocenters. The summed E-state index contributed by atoms with van der Waals surface area (Å²) in [6.45, 7) is 5.12. The van der Waals surface area contributed by atoms with Crippen molar-refractivity contribution in [1.29, 1.82) is 0 Å². The third-order valence-electron chi connectivity index (χ3n) is 6.03. The molecule has 0 bridgehead atoms. The number of fused-ring (bicyclic) bond motifs is 1. The van der Waals surface area contributed by atoms with Crippen LogP contribution >= 0.6 is 0 Å². The van der Waals surface area contributed by atoms with Crippen molar-refractivity contribution in [3.05, 3.63) is 107 Å². The quantitative estimate of drug-likeness (QED) is 0.278. The third-order valence-corrected chi connectivity index (χ3v) is 6.03. The molecule has 4 rings (SSSR count). The first kappa shape index (κ1) is 23.2. The number of carbonyl (C=O) groups excluding carboxylic acids is 3. The van der Waals surface area contributed by atoms with Gasteiger partial charge in [-0.3, -0.25) is 14.4 Å². The number of esters is 2. The van der Waals surface area contributed by atoms with Gasteiger partial charge in [-0.25, -0.2) is 0 Å². The van der Waals surface area contributed by atoms with E-state index in [9.17, 15) is 14.4 Å². The van der Waals surface area contributed by atoms with Crippen molar-refractivity contribution in [3.63, 3.8) is 0 Å². The second-order valence-electron chi connectivity index (χ2n) is 7.95. The number of benzene rings is 3. The van der Waals surface area contributed by atoms with Gasteiger partial charge in [0.1, 0.15) is 0 Å². The third kappa shape index (κ3) is 3.54. The van der Waals surface area contributed by atoms with Crippen molar-refractivity contribution >= 4 is 28.9 Å². The maximum Gasteiger partial charge on any atom is 0.332 e. The lowest BCUT2D eigenvalue weighted by Gasteiger charge is -2.29. The molecule has 3 aromatic carbocycles. The molecule has 1 aliphatic carbocycles. The van der Waals surface area contributed by atoms with E-state index in [0.717, 1.165) is 0 Å². The molecular formula is C29H26O5. The second kappa shape index (κ2) is 9.48. The zero-order valence-electron chi connectivity index (χ0n) is 19.5. The smallest absolute Gasteiger partial charge is 0.332 e. The molecule has 5 nitrogen and oxygen atoms in total. The molecule has 0 saturated carbocycles. The van der Waals surface area contributed by atoms with E-state index in [2.05, 4.69) is 0 Å². The Morgan fingerprint density at radius 2 is 1.24 bits per heavy atom. The summed E-state index contributed by atoms with van der Waals surface area (Å²) in [7, 11) is 0. The van der Waals surface area contributed by atoms with Gasteiger partial charge < -0.3 is 9.47 Å². The van der Waals surface area contributed by atoms with Gasteiger partial charge in [0.15, 0.2) is 5.78 Å². The number of hydrogen-bond acceptors (Lipinski definition) is 5. The summed E-state index contributed by atoms with van der Waals surface area (Å²) < 4.78 is 11.1. The van der Waals surface area contributed by atoms with Crippen LogP contribution in [0.4, 0.5) is 0 Å². The topological polar surface area (TPSA) is 69.7 Å². The highest BCUT2D eigenvalue weighted by molar-refractivity contribution is 6.28. The van der Waals surface area contributed by atoms with Crippen LogP contribution in [0.3, 0.4) is 0 Å². The number of ketones is 1. The molecule has 0 amide bonds. The number of Topliss-reactive ketones (excluding diaryl/α,β-unsaturated/α-hetero) is 1. The van der Waals surface area contributed by atoms with Crippen molar-refractivity contribution in [2.45, 2.75) is 26.2 Å². The lowest BCUT2D eigenvalue weighted by atomic mass is 9.74. The molecule has 0 radical (unpaired) electrons. The molecule has 34 heavy (non-hydrogen) atoms. The minimum absolute atomic E-state index is 0.101. The first-order valence-electron chi connectivity index (χ1n) is 11.3. The Kier molecular flexibility index (Phi) is 6.46. The fraction of sp³-hybridized carbons (Fsp3) is 0.207. The van der Waals surface area contributed by atoms with E-state index in [1.165, 1.54) is 6.92 Å². The van der Waals surface area contributed by atoms with Crippen molar-refractivity contribution in [1.82, 2.24) is 0 Å². The highest BCUT2D eigenvalue weighted by Gasteiger charge is 2.59. The van der Waals surface area contributed by atoms with E-state index >= 15 is 0 Å². The molecular weight excluding hydrogens is 428 g/mol. The second-order valence-corrected chi connectivity index (χ2v) is 7.95. The molecule has 172 valence electrons. The Labute approximate surface area is 199 Å². The van der Waals surface area contributed by atoms with E-state index in [0.29, 0.717) is 39.0 Å². The predicted octanol–water partition coefficient (Wildman–Crippen LogP) is 5.23. The number of hydrogen-bond donors (Lipinski definition) is 0. The van der Waals surface area contributed by atoms with E-state index in [-0.39, 0.29) is 19.0 Å². The van der Waals surface area contributed by atoms with Crippen LogP contribution < -0.4 is 0 Å². The molecule has 0 aromatic heterocycles. The Morgan fingerprint density at radius 3 is 1.82 bits per heavy atom. The molecule has 0 heterocycles. The summed E-state index contributed by atoms with van der Waals surface area (Å²) in [5.41, 5.74) is 2.28. The highest BCUT2D eigenvalue weighted by Crippen LogP contribution is 2.55. The summed E-state index contributed by atoms with van der Waals surface area (Å²) in [4.78, 5) is 40.2. The van der Waals surface area contributed by atoms with Crippen molar-refractivity contribution in [2.75, 3.05) is 13.2 Å². The lowest BCUT2D eigenvalue weighted by molar-refractivity contribution is -0.161. The first-order valence-corrected chi connectivity index (χ1v) is 11.3. The fourth-order valence-corrected chi connectivity index (χ4v) is 4.72. The Morgan fingerprint density at radius 1 is 0.706 bits per heavy atom. The average molecular weight is 455 g/mol. The molecule has 0 spiro atoms. The largest absolute Gasteiger partial charge is 0.465 e. The molecule has 1 aliphatic rings. The summed E-state index contributed by atoms with van der Waals surface area (Å²) in [5, 5.41) is 0. The molecule has 0 N–H and O–H groups in total. The van der Waals surface area contributed by atoms with E-state index < -0.39 is 17.4 Å². The minimum Gasteiger partial charge on any atom is -0.465 e. The van der Waals surface area contributed by atoms with Crippen molar-refractivity contribution in [3.8, 4) is 0 Å². The van der Waals surface area contributed by atoms with Gasteiger partial charge >= 0.3 is 11.9 Å². The van der Waals surface area contributed by atoms with Gasteiger partial charge in [-0.15, -0.1) is 0 Å². The molecule has 0 saturated heterocycles. The summed E-state index contributed by atoms with van der Waals surface area (Å²) in [6, 6.07) is 23.8. The zero-order valence-corrected chi connectivity index (χ0v) is 19.5. The van der Waals surface area contributed by atoms with E-state index in [1.54, 1.807) is 38.1 Å². The maximum atomic E-state index is 13.8. The highest BCUT2D eigenvalue weighted by atomic mass is 16.6. The zero-order chi connectivity index (χ0) is 24.3. The maximum absolute atomic E-state index is 13.8. The van der Waals surface area contributed by atoms with Gasteiger partial charge in [-0.2, -0.15) is 0 Å². The van der Waals surface area contributed by atoms with Crippen LogP contribution in [0.2, 0.25) is 0 Å². The number of carbonyl (C=O) groups is 3. The normalized spacial score (nSPS) is 13.9. The molecule has 0 aliphatic heterocycles. The molecule has 0 unspecified atom stereocenters. The first-order chi connectivity index (χ1) is 16.5. The van der Waals surface area contributed by atoms with Crippen molar-refractivity contribution < 1.29 is 23.9 Å². The summed E-state index contributed by atoms with van der Waals surface area (Å²) in [5.74, 6) is -1.51. The fourth-order valence-electron chi connectivity index (χ4n) is 4.72. The van der Waals surface area contributed by atoms with Crippen LogP contribution in [0.15, 0.2) is 78.9 Å². The monoisotopic (exact) mass is 454 g/mol. The lowest BCUT2D eigenvalue weighted by Crippen LogP contribution is -2.46. The van der Waals surface area contributed by atoms with Crippen LogP contribution in [0.1, 0.15) is 53.4 Å². The van der Waals surface area contributed by atoms with Gasteiger partial charge in [0, 0.05) is 11.1 Å². The average Bonchev–Trinajstić information content (AvgIpc) is 3.17. The van der Waals surface area contributed by atoms with Crippen molar-refractivity contribution in [2.24, 2.45) is 0 Å². The number of ether oxygens (including phenoxy) is 2. The van der Waals surface area contributed by atoms with E-state index in [1.807, 2.05) is 54.6 Å². The molecule has 0 fully saturated rings. The summed E-state index contributed by atoms with van der Waals surface area (Å²) >= 11 is 0. The molecule has 3 aromatic rings. The van der Waals surface area contributed by atoms with Crippen LogP contribution in [0, 0.1) is 0 Å². The number of rotatable bonds is 7. The summed E-state index contributed by atoms with van der Waals surface area (Å²) in [6.07, 6.45) is 0. The molecule has 5 heteroatoms. The van der Waals surface area contributed by atoms with Crippen LogP contribution in [0.25, 0.3) is 11.1 Å². The standard InChI is InChI=1S/C29H26O5/c1-4-33-27(31)29(28(32)34-5-2)24-18-12-11-17-23(24)25(26(29)20-13-7-6-8-14-20)22-16-10-9-15-21(22)19(3)30/h6-18H,4-5H2,1-3H3. The predicted molar refractivity (Wildman–Crippen MR) is 130 cm³/mol. The van der Waals surface area contributed by atoms with Crippen LogP contribution in [-0.2, 0) is 24.5 Å². The Bertz CT molecular complexity index is 1270. The van der Waals surface area contributed by atoms with Crippen LogP contribution in [0.5, 0.6) is 0 Å². The van der Waals surface area contributed by atoms with Gasteiger partial charge in [0.05, 0.1) is 13.2 Å². The van der Waals surface area contributed by atoms with Gasteiger partial charge in [-0.05, 0) is 48.6 Å². The minimum atomic E-state index is -1.83.